The van der Waals surface area contributed by atoms with Crippen molar-refractivity contribution in [2.24, 2.45) is 5.92 Å². The van der Waals surface area contributed by atoms with E-state index in [0.29, 0.717) is 11.1 Å². The predicted octanol–water partition coefficient (Wildman–Crippen LogP) is 2.46. The zero-order valence-electron chi connectivity index (χ0n) is 8.19. The van der Waals surface area contributed by atoms with Gasteiger partial charge in [0.15, 0.2) is 5.44 Å². The fourth-order valence-electron chi connectivity index (χ4n) is 0.999. The molecule has 2 nitrogen and oxygen atoms in total. The third-order valence-corrected chi connectivity index (χ3v) is 3.17. The van der Waals surface area contributed by atoms with Gasteiger partial charge in [-0.2, -0.15) is 0 Å². The number of thiocarbonyl (C=S) groups is 1. The fourth-order valence-corrected chi connectivity index (χ4v) is 2.27. The van der Waals surface area contributed by atoms with Crippen LogP contribution in [0.2, 0.25) is 0 Å². The first kappa shape index (κ1) is 10.9. The van der Waals surface area contributed by atoms with Crippen molar-refractivity contribution in [3.05, 3.63) is 11.5 Å². The van der Waals surface area contributed by atoms with E-state index in [1.807, 2.05) is 19.0 Å². The molecular formula is C9H15NOS2. The van der Waals surface area contributed by atoms with Crippen LogP contribution in [-0.4, -0.2) is 29.6 Å². The summed E-state index contributed by atoms with van der Waals surface area (Å²) in [5.74, 6) is 0.594. The number of nitrogens with zero attached hydrogens (tertiary/aromatic N) is 1. The molecule has 2 atom stereocenters. The summed E-state index contributed by atoms with van der Waals surface area (Å²) < 4.78 is 5.59. The molecule has 0 fully saturated rings. The number of hydrogen-bond acceptors (Lipinski definition) is 3. The molecule has 0 spiro atoms. The first-order valence-corrected chi connectivity index (χ1v) is 5.64. The van der Waals surface area contributed by atoms with Crippen molar-refractivity contribution >= 4 is 29.2 Å². The second-order valence-corrected chi connectivity index (χ2v) is 4.80. The lowest BCUT2D eigenvalue weighted by Crippen LogP contribution is -2.27. The van der Waals surface area contributed by atoms with Crippen LogP contribution in [0.5, 0.6) is 0 Å². The standard InChI is InChI=1S/C9H15NOS2/c1-7-4-5-13-8(6-7)11-9(12)10(2)3/h4-5,7-8H,6H2,1-3H3. The molecule has 13 heavy (non-hydrogen) atoms. The van der Waals surface area contributed by atoms with E-state index >= 15 is 0 Å². The highest BCUT2D eigenvalue weighted by Crippen LogP contribution is 2.28. The number of allylic oxidation sites excluding steroid dienone is 1. The maximum Gasteiger partial charge on any atom is 0.259 e. The van der Waals surface area contributed by atoms with E-state index < -0.39 is 0 Å². The van der Waals surface area contributed by atoms with E-state index in [0.717, 1.165) is 6.42 Å². The molecule has 74 valence electrons. The van der Waals surface area contributed by atoms with Gasteiger partial charge >= 0.3 is 0 Å². The van der Waals surface area contributed by atoms with Crippen LogP contribution in [0.3, 0.4) is 0 Å². The molecule has 0 saturated carbocycles. The second-order valence-electron chi connectivity index (χ2n) is 3.39. The van der Waals surface area contributed by atoms with Gasteiger partial charge in [0.25, 0.3) is 5.17 Å². The van der Waals surface area contributed by atoms with Crippen molar-refractivity contribution in [2.75, 3.05) is 14.1 Å². The zero-order chi connectivity index (χ0) is 9.84. The Kier molecular flexibility index (Phi) is 4.06. The molecule has 0 N–H and O–H groups in total. The van der Waals surface area contributed by atoms with E-state index in [4.69, 9.17) is 17.0 Å². The molecule has 0 radical (unpaired) electrons. The van der Waals surface area contributed by atoms with Gasteiger partial charge in [0.1, 0.15) is 0 Å². The van der Waals surface area contributed by atoms with Crippen LogP contribution >= 0.6 is 24.0 Å². The maximum absolute atomic E-state index is 5.59. The SMILES string of the molecule is CC1C=CSC(OC(=S)N(C)C)C1. The highest BCUT2D eigenvalue weighted by Gasteiger charge is 2.18. The van der Waals surface area contributed by atoms with Crippen LogP contribution in [0.25, 0.3) is 0 Å². The molecule has 0 aromatic heterocycles. The van der Waals surface area contributed by atoms with E-state index in [1.54, 1.807) is 11.8 Å². The molecular weight excluding hydrogens is 202 g/mol. The van der Waals surface area contributed by atoms with Gasteiger partial charge in [-0.1, -0.05) is 24.8 Å². The van der Waals surface area contributed by atoms with Crippen LogP contribution in [0.4, 0.5) is 0 Å². The maximum atomic E-state index is 5.59. The Bertz CT molecular complexity index is 216. The molecule has 0 aromatic rings. The zero-order valence-corrected chi connectivity index (χ0v) is 9.82. The van der Waals surface area contributed by atoms with E-state index in [2.05, 4.69) is 18.4 Å². The number of rotatable bonds is 1. The summed E-state index contributed by atoms with van der Waals surface area (Å²) in [5.41, 5.74) is 0.190. The Labute approximate surface area is 89.3 Å². The molecule has 1 aliphatic heterocycles. The molecule has 1 heterocycles. The molecule has 0 saturated heterocycles. The van der Waals surface area contributed by atoms with Gasteiger partial charge < -0.3 is 9.64 Å². The average Bonchev–Trinajstić information content (AvgIpc) is 2.04. The summed E-state index contributed by atoms with van der Waals surface area (Å²) in [6.07, 6.45) is 3.23. The van der Waals surface area contributed by atoms with Gasteiger partial charge in [-0.25, -0.2) is 0 Å². The minimum atomic E-state index is 0.190. The minimum Gasteiger partial charge on any atom is -0.456 e. The lowest BCUT2D eigenvalue weighted by atomic mass is 10.1. The van der Waals surface area contributed by atoms with Gasteiger partial charge in [0, 0.05) is 20.5 Å². The monoisotopic (exact) mass is 217 g/mol. The molecule has 1 aliphatic rings. The first-order valence-electron chi connectivity index (χ1n) is 4.29. The summed E-state index contributed by atoms with van der Waals surface area (Å²) in [4.78, 5) is 1.82. The van der Waals surface area contributed by atoms with Crippen LogP contribution < -0.4 is 0 Å². The summed E-state index contributed by atoms with van der Waals surface area (Å²) >= 11 is 6.76. The summed E-state index contributed by atoms with van der Waals surface area (Å²) in [6, 6.07) is 0. The molecule has 0 aromatic carbocycles. The minimum absolute atomic E-state index is 0.190. The van der Waals surface area contributed by atoms with Gasteiger partial charge in [-0.05, 0) is 23.5 Å². The lowest BCUT2D eigenvalue weighted by molar-refractivity contribution is 0.223. The molecule has 2 unspecified atom stereocenters. The number of thioether (sulfide) groups is 1. The molecule has 4 heteroatoms. The van der Waals surface area contributed by atoms with Crippen LogP contribution in [0.15, 0.2) is 11.5 Å². The lowest BCUT2D eigenvalue weighted by Gasteiger charge is -2.25. The Morgan fingerprint density at radius 2 is 2.31 bits per heavy atom. The average molecular weight is 217 g/mol. The molecule has 1 rings (SSSR count). The number of ether oxygens (including phenoxy) is 1. The topological polar surface area (TPSA) is 12.5 Å². The van der Waals surface area contributed by atoms with E-state index in [-0.39, 0.29) is 5.44 Å². The van der Waals surface area contributed by atoms with Crippen LogP contribution in [0, 0.1) is 5.92 Å². The van der Waals surface area contributed by atoms with Crippen molar-refractivity contribution in [2.45, 2.75) is 18.8 Å². The number of hydrogen-bond donors (Lipinski definition) is 0. The van der Waals surface area contributed by atoms with Gasteiger partial charge in [0.2, 0.25) is 0 Å². The fraction of sp³-hybridized carbons (Fsp3) is 0.667. The van der Waals surface area contributed by atoms with Crippen molar-refractivity contribution < 1.29 is 4.74 Å². The van der Waals surface area contributed by atoms with E-state index in [1.165, 1.54) is 0 Å². The Morgan fingerprint density at radius 1 is 1.62 bits per heavy atom. The van der Waals surface area contributed by atoms with Gasteiger partial charge in [-0.3, -0.25) is 0 Å². The molecule has 0 aliphatic carbocycles. The predicted molar refractivity (Wildman–Crippen MR) is 61.7 cm³/mol. The van der Waals surface area contributed by atoms with Crippen molar-refractivity contribution in [1.82, 2.24) is 4.90 Å². The Hall–Kier alpha value is -0.220. The normalized spacial score (nSPS) is 27.0. The van der Waals surface area contributed by atoms with Crippen LogP contribution in [-0.2, 0) is 4.74 Å². The first-order chi connectivity index (χ1) is 6.09. The third-order valence-electron chi connectivity index (χ3n) is 1.80. The largest absolute Gasteiger partial charge is 0.456 e. The molecule has 0 bridgehead atoms. The summed E-state index contributed by atoms with van der Waals surface area (Å²) in [5, 5.41) is 2.66. The summed E-state index contributed by atoms with van der Waals surface area (Å²) in [7, 11) is 3.80. The van der Waals surface area contributed by atoms with Crippen molar-refractivity contribution in [3.8, 4) is 0 Å². The van der Waals surface area contributed by atoms with E-state index in [9.17, 15) is 0 Å². The Morgan fingerprint density at radius 3 is 2.85 bits per heavy atom. The highest BCUT2D eigenvalue weighted by atomic mass is 32.2. The Balaban J connectivity index is 2.38. The quantitative estimate of drug-likeness (QED) is 0.625. The molecule has 0 amide bonds. The highest BCUT2D eigenvalue weighted by molar-refractivity contribution is 8.02. The third kappa shape index (κ3) is 3.56. The van der Waals surface area contributed by atoms with Gasteiger partial charge in [-0.15, -0.1) is 0 Å². The van der Waals surface area contributed by atoms with Crippen molar-refractivity contribution in [1.29, 1.82) is 0 Å². The summed E-state index contributed by atoms with van der Waals surface area (Å²) in [6.45, 7) is 2.19. The smallest absolute Gasteiger partial charge is 0.259 e. The van der Waals surface area contributed by atoms with Crippen molar-refractivity contribution in [3.63, 3.8) is 0 Å². The van der Waals surface area contributed by atoms with Crippen LogP contribution in [0.1, 0.15) is 13.3 Å². The second kappa shape index (κ2) is 4.86. The van der Waals surface area contributed by atoms with Gasteiger partial charge in [0.05, 0.1) is 0 Å².